The van der Waals surface area contributed by atoms with Crippen LogP contribution in [0.1, 0.15) is 42.0 Å². The predicted molar refractivity (Wildman–Crippen MR) is 98.6 cm³/mol. The van der Waals surface area contributed by atoms with Crippen molar-refractivity contribution >= 4 is 11.8 Å². The van der Waals surface area contributed by atoms with Gasteiger partial charge in [0.2, 0.25) is 0 Å². The fourth-order valence-electron chi connectivity index (χ4n) is 3.75. The lowest BCUT2D eigenvalue weighted by Gasteiger charge is -2.17. The zero-order valence-corrected chi connectivity index (χ0v) is 14.4. The molecule has 0 spiro atoms. The van der Waals surface area contributed by atoms with Crippen LogP contribution in [0.25, 0.3) is 0 Å². The Morgan fingerprint density at radius 1 is 1.16 bits per heavy atom. The molecular formula is C20H24N4O. The average Bonchev–Trinajstić information content (AvgIpc) is 3.31. The summed E-state index contributed by atoms with van der Waals surface area (Å²) in [6.45, 7) is 2.68. The Kier molecular flexibility index (Phi) is 4.55. The number of hydrogen-bond acceptors (Lipinski definition) is 3. The van der Waals surface area contributed by atoms with E-state index in [1.807, 2.05) is 24.4 Å². The van der Waals surface area contributed by atoms with E-state index in [0.717, 1.165) is 37.3 Å². The lowest BCUT2D eigenvalue weighted by atomic mass is 10.1. The Balaban J connectivity index is 1.29. The lowest BCUT2D eigenvalue weighted by molar-refractivity contribution is 0.236. The van der Waals surface area contributed by atoms with Gasteiger partial charge in [-0.15, -0.1) is 0 Å². The zero-order valence-electron chi connectivity index (χ0n) is 14.4. The molecule has 1 atom stereocenters. The summed E-state index contributed by atoms with van der Waals surface area (Å²) in [5.74, 6) is 1.04. The molecule has 0 saturated carbocycles. The molecule has 2 aliphatic rings. The molecule has 2 aromatic rings. The third-order valence-electron chi connectivity index (χ3n) is 5.13. The van der Waals surface area contributed by atoms with E-state index in [0.29, 0.717) is 6.54 Å². The fraction of sp³-hybridized carbons (Fsp3) is 0.400. The number of pyridine rings is 1. The van der Waals surface area contributed by atoms with E-state index in [1.165, 1.54) is 24.0 Å². The van der Waals surface area contributed by atoms with E-state index < -0.39 is 0 Å². The van der Waals surface area contributed by atoms with Crippen molar-refractivity contribution in [3.05, 3.63) is 59.3 Å². The van der Waals surface area contributed by atoms with Crippen molar-refractivity contribution < 1.29 is 4.79 Å². The zero-order chi connectivity index (χ0) is 17.1. The van der Waals surface area contributed by atoms with Crippen LogP contribution in [0, 0.1) is 0 Å². The third kappa shape index (κ3) is 3.60. The molecule has 1 aromatic carbocycles. The Morgan fingerprint density at radius 3 is 2.80 bits per heavy atom. The first-order valence-corrected chi connectivity index (χ1v) is 9.11. The molecule has 2 amide bonds. The summed E-state index contributed by atoms with van der Waals surface area (Å²) in [7, 11) is 0. The average molecular weight is 336 g/mol. The molecule has 0 radical (unpaired) electrons. The molecule has 1 fully saturated rings. The number of nitrogens with one attached hydrogen (secondary N) is 2. The molecule has 1 aliphatic heterocycles. The molecule has 1 aromatic heterocycles. The molecule has 2 N–H and O–H groups in total. The van der Waals surface area contributed by atoms with Gasteiger partial charge in [0.1, 0.15) is 5.82 Å². The van der Waals surface area contributed by atoms with Gasteiger partial charge in [-0.05, 0) is 48.4 Å². The van der Waals surface area contributed by atoms with Crippen molar-refractivity contribution in [2.75, 3.05) is 18.0 Å². The van der Waals surface area contributed by atoms with Crippen LogP contribution in [0.4, 0.5) is 10.6 Å². The summed E-state index contributed by atoms with van der Waals surface area (Å²) in [5, 5.41) is 6.02. The minimum absolute atomic E-state index is 0.117. The predicted octanol–water partition coefficient (Wildman–Crippen LogP) is 3.17. The van der Waals surface area contributed by atoms with Crippen molar-refractivity contribution in [2.45, 2.75) is 38.3 Å². The molecule has 1 saturated heterocycles. The minimum Gasteiger partial charge on any atom is -0.357 e. The van der Waals surface area contributed by atoms with Gasteiger partial charge in [0.15, 0.2) is 0 Å². The number of carbonyl (C=O) groups is 1. The van der Waals surface area contributed by atoms with Crippen molar-refractivity contribution in [3.8, 4) is 0 Å². The number of aryl methyl sites for hydroxylation is 1. The lowest BCUT2D eigenvalue weighted by Crippen LogP contribution is -2.36. The normalized spacial score (nSPS) is 18.9. The molecule has 1 unspecified atom stereocenters. The second kappa shape index (κ2) is 7.13. The molecule has 5 heteroatoms. The van der Waals surface area contributed by atoms with E-state index in [1.54, 1.807) is 0 Å². The molecule has 5 nitrogen and oxygen atoms in total. The first-order chi connectivity index (χ1) is 12.3. The number of urea groups is 1. The second-order valence-electron chi connectivity index (χ2n) is 6.84. The summed E-state index contributed by atoms with van der Waals surface area (Å²) < 4.78 is 0. The molecule has 1 aliphatic carbocycles. The number of hydrogen-bond donors (Lipinski definition) is 2. The molecule has 0 bridgehead atoms. The van der Waals surface area contributed by atoms with E-state index in [-0.39, 0.29) is 12.1 Å². The highest BCUT2D eigenvalue weighted by Gasteiger charge is 2.23. The van der Waals surface area contributed by atoms with Gasteiger partial charge in [0.25, 0.3) is 0 Å². The number of benzene rings is 1. The quantitative estimate of drug-likeness (QED) is 0.902. The van der Waals surface area contributed by atoms with Crippen molar-refractivity contribution in [1.29, 1.82) is 0 Å². The number of aromatic nitrogens is 1. The Hall–Kier alpha value is -2.56. The molecule has 130 valence electrons. The number of fused-ring (bicyclic) bond motifs is 1. The highest BCUT2D eigenvalue weighted by molar-refractivity contribution is 5.74. The second-order valence-corrected chi connectivity index (χ2v) is 6.84. The molecule has 25 heavy (non-hydrogen) atoms. The van der Waals surface area contributed by atoms with Gasteiger partial charge in [-0.3, -0.25) is 0 Å². The van der Waals surface area contributed by atoms with E-state index in [9.17, 15) is 4.79 Å². The van der Waals surface area contributed by atoms with Gasteiger partial charge < -0.3 is 15.5 Å². The van der Waals surface area contributed by atoms with Crippen molar-refractivity contribution in [3.63, 3.8) is 0 Å². The third-order valence-corrected chi connectivity index (χ3v) is 5.13. The summed E-state index contributed by atoms with van der Waals surface area (Å²) in [6, 6.07) is 12.4. The van der Waals surface area contributed by atoms with Crippen LogP contribution in [0.5, 0.6) is 0 Å². The minimum atomic E-state index is -0.120. The van der Waals surface area contributed by atoms with Crippen LogP contribution >= 0.6 is 0 Å². The first kappa shape index (κ1) is 15.9. The maximum absolute atomic E-state index is 12.2. The van der Waals surface area contributed by atoms with Crippen molar-refractivity contribution in [2.24, 2.45) is 0 Å². The van der Waals surface area contributed by atoms with E-state index in [2.05, 4.69) is 38.7 Å². The number of rotatable bonds is 4. The first-order valence-electron chi connectivity index (χ1n) is 9.11. The van der Waals surface area contributed by atoms with Crippen LogP contribution in [0.2, 0.25) is 0 Å². The van der Waals surface area contributed by atoms with Crippen LogP contribution in [-0.4, -0.2) is 24.1 Å². The van der Waals surface area contributed by atoms with Gasteiger partial charge >= 0.3 is 6.03 Å². The Labute approximate surface area is 148 Å². The van der Waals surface area contributed by atoms with Crippen LogP contribution in [-0.2, 0) is 13.0 Å². The van der Waals surface area contributed by atoms with Gasteiger partial charge in [-0.2, -0.15) is 0 Å². The number of amides is 2. The van der Waals surface area contributed by atoms with Gasteiger partial charge in [0.05, 0.1) is 6.04 Å². The van der Waals surface area contributed by atoms with E-state index in [4.69, 9.17) is 0 Å². The summed E-state index contributed by atoms with van der Waals surface area (Å²) >= 11 is 0. The molecular weight excluding hydrogens is 312 g/mol. The molecule has 2 heterocycles. The number of nitrogens with zero attached hydrogens (tertiary/aromatic N) is 2. The Morgan fingerprint density at radius 2 is 2.00 bits per heavy atom. The summed E-state index contributed by atoms with van der Waals surface area (Å²) in [5.41, 5.74) is 3.61. The summed E-state index contributed by atoms with van der Waals surface area (Å²) in [4.78, 5) is 19.0. The topological polar surface area (TPSA) is 57.3 Å². The van der Waals surface area contributed by atoms with Gasteiger partial charge in [-0.25, -0.2) is 9.78 Å². The maximum Gasteiger partial charge on any atom is 0.315 e. The van der Waals surface area contributed by atoms with Crippen LogP contribution < -0.4 is 15.5 Å². The highest BCUT2D eigenvalue weighted by Crippen LogP contribution is 2.30. The standard InChI is InChI=1S/C20H24N4O/c25-20(23-18-9-8-16-5-1-2-6-17(16)18)22-14-15-7-10-19(21-13-15)24-11-3-4-12-24/h1-2,5-7,10,13,18H,3-4,8-9,11-12,14H2,(H2,22,23,25). The monoisotopic (exact) mass is 336 g/mol. The van der Waals surface area contributed by atoms with Gasteiger partial charge in [-0.1, -0.05) is 30.3 Å². The SMILES string of the molecule is O=C(NCc1ccc(N2CCCC2)nc1)NC1CCc2ccccc21. The maximum atomic E-state index is 12.2. The van der Waals surface area contributed by atoms with Crippen LogP contribution in [0.15, 0.2) is 42.6 Å². The molecule has 4 rings (SSSR count). The summed E-state index contributed by atoms with van der Waals surface area (Å²) in [6.07, 6.45) is 6.35. The fourth-order valence-corrected chi connectivity index (χ4v) is 3.75. The Bertz CT molecular complexity index is 738. The highest BCUT2D eigenvalue weighted by atomic mass is 16.2. The van der Waals surface area contributed by atoms with Crippen LogP contribution in [0.3, 0.4) is 0 Å². The smallest absolute Gasteiger partial charge is 0.315 e. The number of carbonyl (C=O) groups excluding carboxylic acids is 1. The number of anilines is 1. The van der Waals surface area contributed by atoms with E-state index >= 15 is 0 Å². The largest absolute Gasteiger partial charge is 0.357 e. The van der Waals surface area contributed by atoms with Crippen molar-refractivity contribution in [1.82, 2.24) is 15.6 Å². The van der Waals surface area contributed by atoms with Gasteiger partial charge in [0, 0.05) is 25.8 Å².